The number of benzene rings is 1. The SMILES string of the molecule is Cn1ncc2c1CCC[C@@H]2NC(=O)c1ccc([N+](=O)[O-])cc1Cl. The Hall–Kier alpha value is -2.41. The number of fused-ring (bicyclic) bond motifs is 1. The van der Waals surface area contributed by atoms with Crippen molar-refractivity contribution in [1.29, 1.82) is 0 Å². The van der Waals surface area contributed by atoms with E-state index in [0.717, 1.165) is 30.5 Å². The summed E-state index contributed by atoms with van der Waals surface area (Å²) in [4.78, 5) is 22.6. The zero-order valence-corrected chi connectivity index (χ0v) is 13.2. The molecule has 1 N–H and O–H groups in total. The number of hydrogen-bond donors (Lipinski definition) is 1. The monoisotopic (exact) mass is 334 g/mol. The number of nitrogens with zero attached hydrogens (tertiary/aromatic N) is 3. The maximum absolute atomic E-state index is 12.4. The predicted molar refractivity (Wildman–Crippen MR) is 84.5 cm³/mol. The van der Waals surface area contributed by atoms with Crippen molar-refractivity contribution in [3.8, 4) is 0 Å². The standard InChI is InChI=1S/C15H15ClN4O3/c1-19-14-4-2-3-13(11(14)8-17-19)18-15(21)10-6-5-9(20(22)23)7-12(10)16/h5-8,13H,2-4H2,1H3,(H,18,21)/t13-/m0/s1. The van der Waals surface area contributed by atoms with E-state index >= 15 is 0 Å². The van der Waals surface area contributed by atoms with Gasteiger partial charge in [-0.05, 0) is 25.3 Å². The third kappa shape index (κ3) is 2.92. The van der Waals surface area contributed by atoms with Gasteiger partial charge in [0.25, 0.3) is 11.6 Å². The number of nitrogens with one attached hydrogen (secondary N) is 1. The van der Waals surface area contributed by atoms with Gasteiger partial charge in [-0.15, -0.1) is 0 Å². The van der Waals surface area contributed by atoms with Crippen LogP contribution in [0.3, 0.4) is 0 Å². The van der Waals surface area contributed by atoms with Gasteiger partial charge in [0.15, 0.2) is 0 Å². The van der Waals surface area contributed by atoms with Gasteiger partial charge in [0.2, 0.25) is 0 Å². The highest BCUT2D eigenvalue weighted by Crippen LogP contribution is 2.30. The number of aromatic nitrogens is 2. The van der Waals surface area contributed by atoms with Gasteiger partial charge >= 0.3 is 0 Å². The summed E-state index contributed by atoms with van der Waals surface area (Å²) in [5, 5.41) is 18.0. The quantitative estimate of drug-likeness (QED) is 0.690. The van der Waals surface area contributed by atoms with Crippen LogP contribution >= 0.6 is 11.6 Å². The van der Waals surface area contributed by atoms with Crippen molar-refractivity contribution in [3.05, 3.63) is 56.4 Å². The van der Waals surface area contributed by atoms with Crippen molar-refractivity contribution < 1.29 is 9.72 Å². The Bertz CT molecular complexity index is 787. The Morgan fingerprint density at radius 3 is 3.00 bits per heavy atom. The van der Waals surface area contributed by atoms with Crippen LogP contribution in [0.1, 0.15) is 40.5 Å². The number of halogens is 1. The van der Waals surface area contributed by atoms with Gasteiger partial charge in [-0.2, -0.15) is 5.10 Å². The first-order valence-corrected chi connectivity index (χ1v) is 7.60. The average Bonchev–Trinajstić information content (AvgIpc) is 2.89. The second-order valence-corrected chi connectivity index (χ2v) is 5.92. The van der Waals surface area contributed by atoms with E-state index in [2.05, 4.69) is 10.4 Å². The summed E-state index contributed by atoms with van der Waals surface area (Å²) in [7, 11) is 1.89. The Balaban J connectivity index is 1.82. The Labute approximate surface area is 137 Å². The first-order valence-electron chi connectivity index (χ1n) is 7.23. The van der Waals surface area contributed by atoms with Crippen molar-refractivity contribution in [1.82, 2.24) is 15.1 Å². The van der Waals surface area contributed by atoms with Crippen LogP contribution in [0.25, 0.3) is 0 Å². The third-order valence-corrected chi connectivity index (χ3v) is 4.40. The fraction of sp³-hybridized carbons (Fsp3) is 0.333. The van der Waals surface area contributed by atoms with Crippen LogP contribution in [-0.2, 0) is 13.5 Å². The number of aryl methyl sites for hydroxylation is 1. The molecule has 1 amide bonds. The first-order chi connectivity index (χ1) is 11.0. The molecule has 1 aliphatic rings. The lowest BCUT2D eigenvalue weighted by molar-refractivity contribution is -0.384. The van der Waals surface area contributed by atoms with Crippen LogP contribution in [0.2, 0.25) is 5.02 Å². The summed E-state index contributed by atoms with van der Waals surface area (Å²) in [6, 6.07) is 3.72. The molecule has 0 aliphatic heterocycles. The van der Waals surface area contributed by atoms with Crippen LogP contribution in [0.4, 0.5) is 5.69 Å². The number of non-ortho nitro benzene ring substituents is 1. The number of hydrogen-bond acceptors (Lipinski definition) is 4. The number of nitro groups is 1. The van der Waals surface area contributed by atoms with Crippen molar-refractivity contribution >= 4 is 23.2 Å². The molecule has 0 radical (unpaired) electrons. The molecular formula is C15H15ClN4O3. The minimum atomic E-state index is -0.545. The van der Waals surface area contributed by atoms with Gasteiger partial charge < -0.3 is 5.32 Å². The highest BCUT2D eigenvalue weighted by Gasteiger charge is 2.26. The van der Waals surface area contributed by atoms with Crippen LogP contribution in [0, 0.1) is 10.1 Å². The number of carbonyl (C=O) groups excluding carboxylic acids is 1. The summed E-state index contributed by atoms with van der Waals surface area (Å²) in [6.45, 7) is 0. The molecule has 1 aliphatic carbocycles. The van der Waals surface area contributed by atoms with Crippen LogP contribution in [0.15, 0.2) is 24.4 Å². The lowest BCUT2D eigenvalue weighted by Gasteiger charge is -2.24. The summed E-state index contributed by atoms with van der Waals surface area (Å²) >= 11 is 6.01. The summed E-state index contributed by atoms with van der Waals surface area (Å²) in [5.41, 5.74) is 2.23. The van der Waals surface area contributed by atoms with Gasteiger partial charge in [-0.25, -0.2) is 0 Å². The highest BCUT2D eigenvalue weighted by atomic mass is 35.5. The van der Waals surface area contributed by atoms with Gasteiger partial charge in [-0.1, -0.05) is 11.6 Å². The molecule has 0 saturated carbocycles. The second kappa shape index (κ2) is 6.00. The predicted octanol–water partition coefficient (Wildman–Crippen LogP) is 2.79. The van der Waals surface area contributed by atoms with Gasteiger partial charge in [-0.3, -0.25) is 19.6 Å². The van der Waals surface area contributed by atoms with Crippen LogP contribution < -0.4 is 5.32 Å². The average molecular weight is 335 g/mol. The zero-order valence-electron chi connectivity index (χ0n) is 12.5. The molecule has 0 spiro atoms. The number of rotatable bonds is 3. The topological polar surface area (TPSA) is 90.1 Å². The molecule has 120 valence electrons. The van der Waals surface area contributed by atoms with E-state index in [4.69, 9.17) is 11.6 Å². The highest BCUT2D eigenvalue weighted by molar-refractivity contribution is 6.34. The molecule has 0 fully saturated rings. The number of carbonyl (C=O) groups is 1. The minimum absolute atomic E-state index is 0.0684. The summed E-state index contributed by atoms with van der Waals surface area (Å²) in [5.74, 6) is -0.341. The molecule has 1 atom stereocenters. The molecule has 2 aromatic rings. The van der Waals surface area contributed by atoms with E-state index in [1.54, 1.807) is 6.20 Å². The molecule has 8 heteroatoms. The van der Waals surface area contributed by atoms with E-state index in [1.807, 2.05) is 11.7 Å². The summed E-state index contributed by atoms with van der Waals surface area (Å²) in [6.07, 6.45) is 4.51. The maximum atomic E-state index is 12.4. The molecule has 0 bridgehead atoms. The molecule has 0 unspecified atom stereocenters. The molecule has 1 heterocycles. The largest absolute Gasteiger partial charge is 0.345 e. The molecule has 1 aromatic heterocycles. The fourth-order valence-electron chi connectivity index (χ4n) is 2.89. The smallest absolute Gasteiger partial charge is 0.270 e. The van der Waals surface area contributed by atoms with E-state index in [-0.39, 0.29) is 28.2 Å². The van der Waals surface area contributed by atoms with Crippen LogP contribution in [0.5, 0.6) is 0 Å². The maximum Gasteiger partial charge on any atom is 0.270 e. The van der Waals surface area contributed by atoms with Crippen molar-refractivity contribution in [3.63, 3.8) is 0 Å². The first kappa shape index (κ1) is 15.5. The Morgan fingerprint density at radius 1 is 1.52 bits per heavy atom. The Kier molecular flexibility index (Phi) is 4.04. The molecule has 0 saturated heterocycles. The molecule has 1 aromatic carbocycles. The van der Waals surface area contributed by atoms with Gasteiger partial charge in [0.05, 0.1) is 27.7 Å². The van der Waals surface area contributed by atoms with E-state index in [1.165, 1.54) is 18.2 Å². The van der Waals surface area contributed by atoms with Gasteiger partial charge in [0, 0.05) is 30.4 Å². The summed E-state index contributed by atoms with van der Waals surface area (Å²) < 4.78 is 1.83. The lowest BCUT2D eigenvalue weighted by atomic mass is 9.92. The number of amides is 1. The molecule has 7 nitrogen and oxygen atoms in total. The molecular weight excluding hydrogens is 320 g/mol. The molecule has 3 rings (SSSR count). The van der Waals surface area contributed by atoms with E-state index in [9.17, 15) is 14.9 Å². The Morgan fingerprint density at radius 2 is 2.30 bits per heavy atom. The minimum Gasteiger partial charge on any atom is -0.345 e. The molecule has 23 heavy (non-hydrogen) atoms. The normalized spacial score (nSPS) is 16.7. The fourth-order valence-corrected chi connectivity index (χ4v) is 3.15. The van der Waals surface area contributed by atoms with Crippen LogP contribution in [-0.4, -0.2) is 20.6 Å². The van der Waals surface area contributed by atoms with Crippen molar-refractivity contribution in [2.75, 3.05) is 0 Å². The lowest BCUT2D eigenvalue weighted by Crippen LogP contribution is -2.31. The van der Waals surface area contributed by atoms with E-state index in [0.29, 0.717) is 0 Å². The second-order valence-electron chi connectivity index (χ2n) is 5.51. The third-order valence-electron chi connectivity index (χ3n) is 4.09. The zero-order chi connectivity index (χ0) is 16.6. The van der Waals surface area contributed by atoms with Crippen molar-refractivity contribution in [2.24, 2.45) is 7.05 Å². The van der Waals surface area contributed by atoms with E-state index < -0.39 is 4.92 Å². The number of nitro benzene ring substituents is 1. The van der Waals surface area contributed by atoms with Crippen molar-refractivity contribution in [2.45, 2.75) is 25.3 Å². The van der Waals surface area contributed by atoms with Gasteiger partial charge in [0.1, 0.15) is 0 Å².